The zero-order valence-electron chi connectivity index (χ0n) is 15.5. The number of benzene rings is 2. The lowest BCUT2D eigenvalue weighted by Crippen LogP contribution is -2.36. The molecule has 2 aromatic rings. The number of carbonyl (C=O) groups is 5. The van der Waals surface area contributed by atoms with Crippen LogP contribution in [0.5, 0.6) is 0 Å². The van der Waals surface area contributed by atoms with Gasteiger partial charge < -0.3 is 9.64 Å². The van der Waals surface area contributed by atoms with Crippen molar-refractivity contribution in [1.29, 1.82) is 0 Å². The van der Waals surface area contributed by atoms with Crippen LogP contribution in [0.4, 0.5) is 11.4 Å². The van der Waals surface area contributed by atoms with E-state index in [0.29, 0.717) is 11.3 Å². The molecule has 0 atom stereocenters. The summed E-state index contributed by atoms with van der Waals surface area (Å²) in [5.74, 6) is -2.76. The maximum atomic E-state index is 12.4. The molecule has 2 aliphatic rings. The van der Waals surface area contributed by atoms with E-state index in [-0.39, 0.29) is 17.9 Å². The highest BCUT2D eigenvalue weighted by atomic mass is 16.5. The first kappa shape index (κ1) is 18.5. The standard InChI is InChI=1S/C21H16N2O6/c1-22-15-7-6-12(8-13(15)9-18(22)25)17(24)11-29-19(26)10-23-16-5-3-2-4-14(16)20(27)21(23)28/h2-8H,9-11H2,1H3. The molecule has 0 bridgehead atoms. The van der Waals surface area contributed by atoms with Gasteiger partial charge in [-0.3, -0.25) is 28.9 Å². The van der Waals surface area contributed by atoms with Crippen molar-refractivity contribution in [2.45, 2.75) is 6.42 Å². The molecule has 0 fully saturated rings. The van der Waals surface area contributed by atoms with Crippen molar-refractivity contribution in [3.63, 3.8) is 0 Å². The third kappa shape index (κ3) is 3.18. The number of hydrogen-bond donors (Lipinski definition) is 0. The number of ether oxygens (including phenoxy) is 1. The number of amides is 2. The monoisotopic (exact) mass is 392 g/mol. The Hall–Kier alpha value is -3.81. The quantitative estimate of drug-likeness (QED) is 0.430. The smallest absolute Gasteiger partial charge is 0.326 e. The Morgan fingerprint density at radius 3 is 2.59 bits per heavy atom. The number of ketones is 2. The number of esters is 1. The van der Waals surface area contributed by atoms with E-state index in [1.54, 1.807) is 43.4 Å². The lowest BCUT2D eigenvalue weighted by atomic mass is 10.1. The maximum absolute atomic E-state index is 12.4. The van der Waals surface area contributed by atoms with Crippen molar-refractivity contribution in [2.24, 2.45) is 0 Å². The fourth-order valence-electron chi connectivity index (χ4n) is 3.45. The molecule has 146 valence electrons. The zero-order chi connectivity index (χ0) is 20.7. The molecule has 2 heterocycles. The second kappa shape index (κ2) is 6.97. The third-order valence-corrected chi connectivity index (χ3v) is 5.01. The second-order valence-electron chi connectivity index (χ2n) is 6.79. The lowest BCUT2D eigenvalue weighted by molar-refractivity contribution is -0.141. The van der Waals surface area contributed by atoms with Gasteiger partial charge in [-0.15, -0.1) is 0 Å². The van der Waals surface area contributed by atoms with E-state index in [1.165, 1.54) is 11.0 Å². The largest absolute Gasteiger partial charge is 0.456 e. The highest BCUT2D eigenvalue weighted by Crippen LogP contribution is 2.29. The van der Waals surface area contributed by atoms with Crippen LogP contribution in [-0.2, 0) is 25.5 Å². The molecule has 0 unspecified atom stereocenters. The summed E-state index contributed by atoms with van der Waals surface area (Å²) in [5.41, 5.74) is 2.40. The minimum atomic E-state index is -0.804. The number of anilines is 2. The molecule has 0 aromatic heterocycles. The second-order valence-corrected chi connectivity index (χ2v) is 6.79. The van der Waals surface area contributed by atoms with Gasteiger partial charge >= 0.3 is 5.97 Å². The molecule has 2 aliphatic heterocycles. The molecule has 0 N–H and O–H groups in total. The number of hydrogen-bond acceptors (Lipinski definition) is 6. The summed E-state index contributed by atoms with van der Waals surface area (Å²) in [6.45, 7) is -0.961. The fourth-order valence-corrected chi connectivity index (χ4v) is 3.45. The minimum absolute atomic E-state index is 0.0545. The zero-order valence-corrected chi connectivity index (χ0v) is 15.5. The van der Waals surface area contributed by atoms with Crippen LogP contribution in [-0.4, -0.2) is 49.5 Å². The molecular weight excluding hydrogens is 376 g/mol. The van der Waals surface area contributed by atoms with Crippen LogP contribution in [0.15, 0.2) is 42.5 Å². The van der Waals surface area contributed by atoms with Gasteiger partial charge in [0, 0.05) is 18.3 Å². The Balaban J connectivity index is 1.39. The molecule has 0 spiro atoms. The Morgan fingerprint density at radius 1 is 1.03 bits per heavy atom. The van der Waals surface area contributed by atoms with E-state index in [2.05, 4.69) is 0 Å². The molecule has 29 heavy (non-hydrogen) atoms. The first-order valence-corrected chi connectivity index (χ1v) is 8.90. The SMILES string of the molecule is CN1C(=O)Cc2cc(C(=O)COC(=O)CN3C(=O)C(=O)c4ccccc43)ccc21. The summed E-state index contributed by atoms with van der Waals surface area (Å²) < 4.78 is 5.01. The number of Topliss-reactive ketones (excluding diaryl/α,β-unsaturated/α-hetero) is 2. The van der Waals surface area contributed by atoms with Crippen LogP contribution < -0.4 is 9.80 Å². The van der Waals surface area contributed by atoms with Crippen LogP contribution in [0.3, 0.4) is 0 Å². The van der Waals surface area contributed by atoms with Crippen molar-refractivity contribution >= 4 is 40.7 Å². The first-order valence-electron chi connectivity index (χ1n) is 8.90. The van der Waals surface area contributed by atoms with E-state index >= 15 is 0 Å². The molecular formula is C21H16N2O6. The first-order chi connectivity index (χ1) is 13.9. The van der Waals surface area contributed by atoms with Gasteiger partial charge in [0.25, 0.3) is 11.7 Å². The highest BCUT2D eigenvalue weighted by Gasteiger charge is 2.36. The van der Waals surface area contributed by atoms with Gasteiger partial charge in [-0.2, -0.15) is 0 Å². The Bertz CT molecular complexity index is 1090. The molecule has 0 radical (unpaired) electrons. The van der Waals surface area contributed by atoms with Crippen molar-refractivity contribution in [3.8, 4) is 0 Å². The van der Waals surface area contributed by atoms with Crippen molar-refractivity contribution in [1.82, 2.24) is 0 Å². The summed E-state index contributed by atoms with van der Waals surface area (Å²) in [7, 11) is 1.67. The van der Waals surface area contributed by atoms with Gasteiger partial charge in [-0.1, -0.05) is 12.1 Å². The summed E-state index contributed by atoms with van der Waals surface area (Å²) in [4.78, 5) is 62.8. The van der Waals surface area contributed by atoms with Gasteiger partial charge in [0.05, 0.1) is 17.7 Å². The van der Waals surface area contributed by atoms with Crippen LogP contribution >= 0.6 is 0 Å². The number of nitrogens with zero attached hydrogens (tertiary/aromatic N) is 2. The number of rotatable bonds is 5. The van der Waals surface area contributed by atoms with Crippen molar-refractivity contribution < 1.29 is 28.7 Å². The molecule has 2 amide bonds. The van der Waals surface area contributed by atoms with Gasteiger partial charge in [-0.05, 0) is 35.9 Å². The number of fused-ring (bicyclic) bond motifs is 2. The average Bonchev–Trinajstić information content (AvgIpc) is 3.14. The third-order valence-electron chi connectivity index (χ3n) is 5.01. The Kier molecular flexibility index (Phi) is 4.46. The topological polar surface area (TPSA) is 101 Å². The van der Waals surface area contributed by atoms with E-state index in [1.807, 2.05) is 0 Å². The molecule has 2 aromatic carbocycles. The van der Waals surface area contributed by atoms with E-state index < -0.39 is 36.6 Å². The van der Waals surface area contributed by atoms with Crippen LogP contribution in [0, 0.1) is 0 Å². The fraction of sp³-hybridized carbons (Fsp3) is 0.190. The van der Waals surface area contributed by atoms with E-state index in [9.17, 15) is 24.0 Å². The summed E-state index contributed by atoms with van der Waals surface area (Å²) >= 11 is 0. The van der Waals surface area contributed by atoms with Crippen LogP contribution in [0.25, 0.3) is 0 Å². The van der Waals surface area contributed by atoms with Gasteiger partial charge in [0.1, 0.15) is 6.54 Å². The Labute approximate surface area is 165 Å². The normalized spacial score (nSPS) is 14.9. The molecule has 4 rings (SSSR count). The van der Waals surface area contributed by atoms with Crippen molar-refractivity contribution in [2.75, 3.05) is 30.0 Å². The van der Waals surface area contributed by atoms with Gasteiger partial charge in [0.15, 0.2) is 12.4 Å². The van der Waals surface area contributed by atoms with Crippen molar-refractivity contribution in [3.05, 3.63) is 59.2 Å². The molecule has 0 saturated carbocycles. The highest BCUT2D eigenvalue weighted by molar-refractivity contribution is 6.52. The molecule has 8 heteroatoms. The maximum Gasteiger partial charge on any atom is 0.326 e. The lowest BCUT2D eigenvalue weighted by Gasteiger charge is -2.15. The summed E-state index contributed by atoms with van der Waals surface area (Å²) in [6, 6.07) is 11.2. The number of para-hydroxylation sites is 1. The number of likely N-dealkylation sites (N-methyl/N-ethyl adjacent to an activating group) is 1. The predicted molar refractivity (Wildman–Crippen MR) is 102 cm³/mol. The summed E-state index contributed by atoms with van der Waals surface area (Å²) in [5, 5.41) is 0. The molecule has 0 saturated heterocycles. The van der Waals surface area contributed by atoms with E-state index in [0.717, 1.165) is 16.2 Å². The average molecular weight is 392 g/mol. The minimum Gasteiger partial charge on any atom is -0.456 e. The van der Waals surface area contributed by atoms with Crippen LogP contribution in [0.1, 0.15) is 26.3 Å². The predicted octanol–water partition coefficient (Wildman–Crippen LogP) is 1.16. The molecule has 0 aliphatic carbocycles. The summed E-state index contributed by atoms with van der Waals surface area (Å²) in [6.07, 6.45) is 0.219. The van der Waals surface area contributed by atoms with E-state index in [4.69, 9.17) is 4.74 Å². The van der Waals surface area contributed by atoms with Crippen LogP contribution in [0.2, 0.25) is 0 Å². The number of carbonyl (C=O) groups excluding carboxylic acids is 5. The Morgan fingerprint density at radius 2 is 1.79 bits per heavy atom. The van der Waals surface area contributed by atoms with Gasteiger partial charge in [0.2, 0.25) is 5.91 Å². The molecule has 8 nitrogen and oxygen atoms in total. The van der Waals surface area contributed by atoms with Gasteiger partial charge in [-0.25, -0.2) is 0 Å².